The highest BCUT2D eigenvalue weighted by Gasteiger charge is 2.46. The van der Waals surface area contributed by atoms with Crippen LogP contribution in [0.4, 0.5) is 5.69 Å². The van der Waals surface area contributed by atoms with Gasteiger partial charge in [-0.2, -0.15) is 0 Å². The number of aromatic nitrogens is 1. The van der Waals surface area contributed by atoms with Crippen LogP contribution < -0.4 is 25.8 Å². The number of amides is 5. The number of piperidine rings is 1. The zero-order chi connectivity index (χ0) is 52.1. The predicted molar refractivity (Wildman–Crippen MR) is 288 cm³/mol. The normalized spacial score (nSPS) is 17.7. The lowest BCUT2D eigenvalue weighted by Gasteiger charge is -2.37. The van der Waals surface area contributed by atoms with Gasteiger partial charge in [0.1, 0.15) is 11.8 Å². The lowest BCUT2D eigenvalue weighted by Crippen LogP contribution is -2.54. The summed E-state index contributed by atoms with van der Waals surface area (Å²) in [7, 11) is 0. The zero-order valence-electron chi connectivity index (χ0n) is 44.2. The first-order valence-corrected chi connectivity index (χ1v) is 27.4. The molecule has 0 aliphatic carbocycles. The highest BCUT2D eigenvalue weighted by Crippen LogP contribution is 2.36. The fourth-order valence-corrected chi connectivity index (χ4v) is 11.3. The molecule has 3 aromatic carbocycles. The van der Waals surface area contributed by atoms with Crippen molar-refractivity contribution in [1.29, 1.82) is 0 Å². The van der Waals surface area contributed by atoms with E-state index in [9.17, 15) is 28.8 Å². The molecule has 15 nitrogen and oxygen atoms in total. The highest BCUT2D eigenvalue weighted by atomic mass is 16.5. The van der Waals surface area contributed by atoms with Gasteiger partial charge in [-0.1, -0.05) is 81.7 Å². The number of carbonyl (C=O) groups is 5. The summed E-state index contributed by atoms with van der Waals surface area (Å²) in [5.41, 5.74) is 8.47. The van der Waals surface area contributed by atoms with Gasteiger partial charge in [0, 0.05) is 94.0 Å². The molecular formula is C59H77N7O8. The molecule has 4 aliphatic heterocycles. The van der Waals surface area contributed by atoms with Crippen LogP contribution >= 0.6 is 0 Å². The molecule has 0 bridgehead atoms. The van der Waals surface area contributed by atoms with E-state index in [4.69, 9.17) is 9.47 Å². The number of hydrogen-bond acceptors (Lipinski definition) is 11. The number of rotatable bonds is 24. The molecule has 1 unspecified atom stereocenters. The number of benzene rings is 3. The number of nitrogens with one attached hydrogen (secondary N) is 3. The number of anilines is 1. The number of aromatic amines is 1. The summed E-state index contributed by atoms with van der Waals surface area (Å²) in [5, 5.41) is 5.31. The molecule has 4 aliphatic rings. The quantitative estimate of drug-likeness (QED) is 0.0455. The molecule has 5 heterocycles. The average molecular weight is 1010 g/mol. The summed E-state index contributed by atoms with van der Waals surface area (Å²) in [4.78, 5) is 88.7. The summed E-state index contributed by atoms with van der Waals surface area (Å²) in [6.07, 6.45) is 13.8. The number of carbonyl (C=O) groups excluding carboxylic acids is 5. The van der Waals surface area contributed by atoms with Crippen LogP contribution in [0.25, 0.3) is 11.1 Å². The number of ether oxygens (including phenoxy) is 2. The van der Waals surface area contributed by atoms with Crippen LogP contribution in [0.1, 0.15) is 156 Å². The second-order valence-corrected chi connectivity index (χ2v) is 20.7. The Balaban J connectivity index is 0.715. The van der Waals surface area contributed by atoms with Crippen LogP contribution in [0, 0.1) is 20.8 Å². The number of fused-ring (bicyclic) bond motifs is 1. The monoisotopic (exact) mass is 1010 g/mol. The van der Waals surface area contributed by atoms with E-state index in [1.54, 1.807) is 18.2 Å². The van der Waals surface area contributed by atoms with Crippen molar-refractivity contribution in [2.75, 3.05) is 64.0 Å². The van der Waals surface area contributed by atoms with Crippen LogP contribution in [0.5, 0.6) is 5.75 Å². The molecule has 1 aromatic heterocycles. The van der Waals surface area contributed by atoms with Crippen LogP contribution in [0.2, 0.25) is 0 Å². The van der Waals surface area contributed by atoms with Crippen LogP contribution in [0.15, 0.2) is 65.5 Å². The Hall–Kier alpha value is -6.16. The van der Waals surface area contributed by atoms with Gasteiger partial charge < -0.3 is 29.6 Å². The number of hydrogen-bond donors (Lipinski definition) is 3. The van der Waals surface area contributed by atoms with Gasteiger partial charge in [-0.15, -0.1) is 0 Å². The second kappa shape index (κ2) is 25.9. The standard InChI is InChI=1S/C59H77N7O8/c1-5-65(46-25-33-73-34-26-46)51-37-45(36-48(42(51)4)55(68)60-38-49-40(2)35-41(3)61-56(49)69)44-21-19-43(20-22-44)39-64-30-28-63(29-31-64)27-14-12-10-8-6-7-9-11-13-15-32-74-52-18-16-17-47-54(52)59(72)66(58(47)71)50-23-24-53(67)62-57(50)70/h16-22,35-37,46,50H,5-15,23-34,38-39H2,1-4H3,(H,60,68)(H,61,69)(H,62,67,70). The summed E-state index contributed by atoms with van der Waals surface area (Å²) >= 11 is 0. The Morgan fingerprint density at radius 3 is 2.12 bits per heavy atom. The van der Waals surface area contributed by atoms with Crippen molar-refractivity contribution in [2.24, 2.45) is 0 Å². The fourth-order valence-electron chi connectivity index (χ4n) is 11.3. The molecule has 5 amide bonds. The fraction of sp³-hybridized carbons (Fsp3) is 0.525. The molecule has 74 heavy (non-hydrogen) atoms. The first kappa shape index (κ1) is 54.1. The van der Waals surface area contributed by atoms with E-state index in [2.05, 4.69) is 67.6 Å². The van der Waals surface area contributed by atoms with E-state index in [0.29, 0.717) is 29.5 Å². The number of H-pyrrole nitrogens is 1. The smallest absolute Gasteiger partial charge is 0.266 e. The van der Waals surface area contributed by atoms with Crippen molar-refractivity contribution in [3.05, 3.63) is 116 Å². The summed E-state index contributed by atoms with van der Waals surface area (Å²) in [6, 6.07) is 19.3. The van der Waals surface area contributed by atoms with Gasteiger partial charge in [0.25, 0.3) is 23.3 Å². The van der Waals surface area contributed by atoms with E-state index in [1.165, 1.54) is 50.5 Å². The van der Waals surface area contributed by atoms with Gasteiger partial charge in [-0.05, 0) is 124 Å². The molecule has 396 valence electrons. The van der Waals surface area contributed by atoms with Gasteiger partial charge in [0.15, 0.2) is 0 Å². The maximum Gasteiger partial charge on any atom is 0.266 e. The number of imide groups is 2. The van der Waals surface area contributed by atoms with Gasteiger partial charge in [0.2, 0.25) is 11.8 Å². The minimum atomic E-state index is -0.994. The maximum atomic E-state index is 14.0. The lowest BCUT2D eigenvalue weighted by molar-refractivity contribution is -0.136. The topological polar surface area (TPSA) is 174 Å². The van der Waals surface area contributed by atoms with Crippen molar-refractivity contribution < 1.29 is 33.4 Å². The number of nitrogens with zero attached hydrogens (tertiary/aromatic N) is 4. The van der Waals surface area contributed by atoms with Crippen LogP contribution in [-0.2, 0) is 27.4 Å². The molecule has 3 N–H and O–H groups in total. The molecule has 3 fully saturated rings. The predicted octanol–water partition coefficient (Wildman–Crippen LogP) is 8.40. The molecule has 15 heteroatoms. The van der Waals surface area contributed by atoms with Crippen molar-refractivity contribution >= 4 is 35.2 Å². The Morgan fingerprint density at radius 1 is 0.770 bits per heavy atom. The van der Waals surface area contributed by atoms with Crippen molar-refractivity contribution in [1.82, 2.24) is 30.3 Å². The lowest BCUT2D eigenvalue weighted by atomic mass is 9.94. The number of pyridine rings is 1. The van der Waals surface area contributed by atoms with Crippen molar-refractivity contribution in [3.8, 4) is 16.9 Å². The van der Waals surface area contributed by atoms with E-state index in [0.717, 1.165) is 130 Å². The molecule has 0 spiro atoms. The number of unbranched alkanes of at least 4 members (excludes halogenated alkanes) is 9. The zero-order valence-corrected chi connectivity index (χ0v) is 44.2. The molecule has 0 radical (unpaired) electrons. The van der Waals surface area contributed by atoms with Gasteiger partial charge in [-0.25, -0.2) is 0 Å². The third-order valence-electron chi connectivity index (χ3n) is 15.5. The Bertz CT molecular complexity index is 2690. The average Bonchev–Trinajstić information content (AvgIpc) is 3.65. The Kier molecular flexibility index (Phi) is 18.9. The minimum absolute atomic E-state index is 0.0832. The first-order chi connectivity index (χ1) is 35.9. The van der Waals surface area contributed by atoms with E-state index < -0.39 is 29.7 Å². The molecule has 3 saturated heterocycles. The third-order valence-corrected chi connectivity index (χ3v) is 15.5. The van der Waals surface area contributed by atoms with Gasteiger partial charge in [-0.3, -0.25) is 43.9 Å². The van der Waals surface area contributed by atoms with E-state index >= 15 is 0 Å². The molecule has 8 rings (SSSR count). The maximum absolute atomic E-state index is 14.0. The van der Waals surface area contributed by atoms with Crippen molar-refractivity contribution in [2.45, 2.75) is 143 Å². The summed E-state index contributed by atoms with van der Waals surface area (Å²) in [6.45, 7) is 17.2. The second-order valence-electron chi connectivity index (χ2n) is 20.7. The first-order valence-electron chi connectivity index (χ1n) is 27.4. The third kappa shape index (κ3) is 13.4. The largest absolute Gasteiger partial charge is 0.493 e. The van der Waals surface area contributed by atoms with Gasteiger partial charge in [0.05, 0.1) is 17.7 Å². The molecule has 4 aromatic rings. The number of piperazine rings is 1. The van der Waals surface area contributed by atoms with E-state index in [1.807, 2.05) is 32.9 Å². The molecule has 1 atom stereocenters. The summed E-state index contributed by atoms with van der Waals surface area (Å²) < 4.78 is 11.7. The highest BCUT2D eigenvalue weighted by molar-refractivity contribution is 6.24. The minimum Gasteiger partial charge on any atom is -0.493 e. The molecular weight excluding hydrogens is 935 g/mol. The number of aryl methyl sites for hydroxylation is 2. The van der Waals surface area contributed by atoms with Crippen LogP contribution in [0.3, 0.4) is 0 Å². The SMILES string of the molecule is CCN(c1cc(-c2ccc(CN3CCN(CCCCCCCCCCCCOc4cccc5c4C(=O)N(C4CCC(=O)NC4=O)C5=O)CC3)cc2)cc(C(=O)NCc2c(C)cc(C)[nH]c2=O)c1C)C1CCOCC1. The Labute approximate surface area is 436 Å². The molecule has 0 saturated carbocycles. The Morgan fingerprint density at radius 2 is 1.45 bits per heavy atom. The van der Waals surface area contributed by atoms with E-state index in [-0.39, 0.29) is 42.0 Å². The van der Waals surface area contributed by atoms with Crippen molar-refractivity contribution in [3.63, 3.8) is 0 Å². The summed E-state index contributed by atoms with van der Waals surface area (Å²) in [5.74, 6) is -1.91. The van der Waals surface area contributed by atoms with Gasteiger partial charge >= 0.3 is 0 Å². The van der Waals surface area contributed by atoms with Crippen LogP contribution in [-0.4, -0.2) is 120 Å².